The van der Waals surface area contributed by atoms with E-state index < -0.39 is 6.61 Å². The summed E-state index contributed by atoms with van der Waals surface area (Å²) in [4.78, 5) is 27.7. The summed E-state index contributed by atoms with van der Waals surface area (Å²) in [7, 11) is 3.37. The largest absolute Gasteiger partial charge is 0.433 e. The average Bonchev–Trinajstić information content (AvgIpc) is 2.96. The van der Waals surface area contributed by atoms with Gasteiger partial charge in [-0.3, -0.25) is 14.5 Å². The number of nitrogens with one attached hydrogen (secondary N) is 1. The number of carbonyl (C=O) groups excluding carboxylic acids is 2. The van der Waals surface area contributed by atoms with Gasteiger partial charge in [-0.2, -0.15) is 8.78 Å². The summed E-state index contributed by atoms with van der Waals surface area (Å²) in [6.07, 6.45) is 1.57. The molecule has 138 valence electrons. The van der Waals surface area contributed by atoms with Gasteiger partial charge < -0.3 is 15.0 Å². The fourth-order valence-corrected chi connectivity index (χ4v) is 2.97. The molecule has 0 spiro atoms. The van der Waals surface area contributed by atoms with Gasteiger partial charge >= 0.3 is 6.61 Å². The number of ether oxygens (including phenoxy) is 1. The van der Waals surface area contributed by atoms with Crippen molar-refractivity contribution in [2.75, 3.05) is 32.5 Å². The quantitative estimate of drug-likeness (QED) is 0.829. The molecule has 0 unspecified atom stereocenters. The van der Waals surface area contributed by atoms with Crippen molar-refractivity contribution < 1.29 is 23.1 Å². The second-order valence-electron chi connectivity index (χ2n) is 5.93. The van der Waals surface area contributed by atoms with Crippen molar-refractivity contribution in [1.29, 1.82) is 0 Å². The molecule has 6 nitrogen and oxygen atoms in total. The van der Waals surface area contributed by atoms with Gasteiger partial charge in [0.2, 0.25) is 11.8 Å². The van der Waals surface area contributed by atoms with Gasteiger partial charge in [-0.05, 0) is 37.6 Å². The Labute approximate surface area is 149 Å². The zero-order chi connectivity index (χ0) is 18.6. The summed E-state index contributed by atoms with van der Waals surface area (Å²) in [6, 6.07) is 3.72. The van der Waals surface area contributed by atoms with Crippen molar-refractivity contribution in [2.24, 2.45) is 0 Å². The molecular weight excluding hydrogens is 356 g/mol. The second-order valence-corrected chi connectivity index (χ2v) is 6.34. The fourth-order valence-electron chi connectivity index (χ4n) is 2.75. The number of hydrogen-bond acceptors (Lipinski definition) is 4. The number of halogens is 3. The number of carbonyl (C=O) groups is 2. The van der Waals surface area contributed by atoms with Crippen molar-refractivity contribution >= 4 is 29.1 Å². The minimum atomic E-state index is -2.97. The van der Waals surface area contributed by atoms with Gasteiger partial charge in [0, 0.05) is 19.8 Å². The maximum atomic E-state index is 12.2. The number of anilines is 1. The molecule has 0 saturated carbocycles. The molecule has 1 aromatic carbocycles. The van der Waals surface area contributed by atoms with Crippen molar-refractivity contribution in [1.82, 2.24) is 9.80 Å². The Kier molecular flexibility index (Phi) is 6.55. The Bertz CT molecular complexity index is 643. The molecule has 9 heteroatoms. The normalized spacial score (nSPS) is 17.6. The van der Waals surface area contributed by atoms with Crippen molar-refractivity contribution in [3.05, 3.63) is 23.2 Å². The first kappa shape index (κ1) is 19.4. The van der Waals surface area contributed by atoms with E-state index in [1.54, 1.807) is 14.1 Å². The van der Waals surface area contributed by atoms with E-state index in [1.807, 2.05) is 4.90 Å². The van der Waals surface area contributed by atoms with Crippen LogP contribution in [0.25, 0.3) is 0 Å². The van der Waals surface area contributed by atoms with Crippen LogP contribution in [-0.4, -0.2) is 61.5 Å². The highest BCUT2D eigenvalue weighted by molar-refractivity contribution is 6.32. The Balaban J connectivity index is 1.96. The molecule has 0 aliphatic carbocycles. The van der Waals surface area contributed by atoms with E-state index in [-0.39, 0.29) is 35.2 Å². The number of likely N-dealkylation sites (tertiary alicyclic amines) is 1. The summed E-state index contributed by atoms with van der Waals surface area (Å²) in [6.45, 7) is -2.24. The van der Waals surface area contributed by atoms with Crippen LogP contribution in [0.3, 0.4) is 0 Å². The minimum Gasteiger partial charge on any atom is -0.433 e. The standard InChI is InChI=1S/C16H20ClF2N3O3/c1-21(2)15(24)12-4-3-7-22(12)9-14(23)20-10-5-6-13(11(17)8-10)25-16(18)19/h5-6,8,12,16H,3-4,7,9H2,1-2H3,(H,20,23)/t12-/m1/s1. The molecule has 2 rings (SSSR count). The number of hydrogen-bond donors (Lipinski definition) is 1. The summed E-state index contributed by atoms with van der Waals surface area (Å²) in [5.74, 6) is -0.496. The first-order valence-electron chi connectivity index (χ1n) is 7.77. The van der Waals surface area contributed by atoms with E-state index in [4.69, 9.17) is 11.6 Å². The topological polar surface area (TPSA) is 61.9 Å². The highest BCUT2D eigenvalue weighted by Crippen LogP contribution is 2.29. The van der Waals surface area contributed by atoms with Crippen LogP contribution in [0.1, 0.15) is 12.8 Å². The lowest BCUT2D eigenvalue weighted by Crippen LogP contribution is -2.45. The van der Waals surface area contributed by atoms with E-state index in [1.165, 1.54) is 23.1 Å². The fraction of sp³-hybridized carbons (Fsp3) is 0.500. The molecule has 1 aliphatic heterocycles. The molecule has 1 aromatic rings. The molecule has 2 amide bonds. The maximum absolute atomic E-state index is 12.2. The minimum absolute atomic E-state index is 0.0261. The number of nitrogens with zero attached hydrogens (tertiary/aromatic N) is 2. The molecule has 1 atom stereocenters. The van der Waals surface area contributed by atoms with Crippen molar-refractivity contribution in [3.63, 3.8) is 0 Å². The van der Waals surface area contributed by atoms with Crippen LogP contribution >= 0.6 is 11.6 Å². The maximum Gasteiger partial charge on any atom is 0.387 e. The SMILES string of the molecule is CN(C)C(=O)[C@H]1CCCN1CC(=O)Nc1ccc(OC(F)F)c(Cl)c1. The highest BCUT2D eigenvalue weighted by Gasteiger charge is 2.32. The zero-order valence-corrected chi connectivity index (χ0v) is 14.7. The zero-order valence-electron chi connectivity index (χ0n) is 14.0. The Morgan fingerprint density at radius 2 is 2.16 bits per heavy atom. The smallest absolute Gasteiger partial charge is 0.387 e. The first-order chi connectivity index (χ1) is 11.8. The van der Waals surface area contributed by atoms with Gasteiger partial charge in [-0.1, -0.05) is 11.6 Å². The van der Waals surface area contributed by atoms with Crippen LogP contribution < -0.4 is 10.1 Å². The molecule has 25 heavy (non-hydrogen) atoms. The van der Waals surface area contributed by atoms with Gasteiger partial charge in [0.25, 0.3) is 0 Å². The molecule has 1 aliphatic rings. The third kappa shape index (κ3) is 5.27. The Hall–Kier alpha value is -1.93. The molecule has 1 N–H and O–H groups in total. The third-order valence-corrected chi connectivity index (χ3v) is 4.16. The number of alkyl halides is 2. The average molecular weight is 376 g/mol. The van der Waals surface area contributed by atoms with Gasteiger partial charge in [0.05, 0.1) is 17.6 Å². The molecule has 0 radical (unpaired) electrons. The Morgan fingerprint density at radius 3 is 2.76 bits per heavy atom. The monoisotopic (exact) mass is 375 g/mol. The number of likely N-dealkylation sites (N-methyl/N-ethyl adjacent to an activating group) is 1. The lowest BCUT2D eigenvalue weighted by atomic mass is 10.2. The summed E-state index contributed by atoms with van der Waals surface area (Å²) in [5.41, 5.74) is 0.367. The van der Waals surface area contributed by atoms with Crippen molar-refractivity contribution in [3.8, 4) is 5.75 Å². The van der Waals surface area contributed by atoms with E-state index in [2.05, 4.69) is 10.1 Å². The lowest BCUT2D eigenvalue weighted by Gasteiger charge is -2.25. The third-order valence-electron chi connectivity index (χ3n) is 3.87. The van der Waals surface area contributed by atoms with Crippen LogP contribution in [0.15, 0.2) is 18.2 Å². The Morgan fingerprint density at radius 1 is 1.44 bits per heavy atom. The van der Waals surface area contributed by atoms with Crippen LogP contribution in [0.2, 0.25) is 5.02 Å². The second kappa shape index (κ2) is 8.44. The predicted octanol–water partition coefficient (Wildman–Crippen LogP) is 2.43. The van der Waals surface area contributed by atoms with E-state index in [0.29, 0.717) is 12.2 Å². The molecule has 1 saturated heterocycles. The van der Waals surface area contributed by atoms with Gasteiger partial charge in [-0.25, -0.2) is 0 Å². The first-order valence-corrected chi connectivity index (χ1v) is 8.15. The lowest BCUT2D eigenvalue weighted by molar-refractivity contribution is -0.133. The number of rotatable bonds is 6. The predicted molar refractivity (Wildman–Crippen MR) is 90.0 cm³/mol. The van der Waals surface area contributed by atoms with E-state index in [0.717, 1.165) is 12.8 Å². The molecular formula is C16H20ClF2N3O3. The summed E-state index contributed by atoms with van der Waals surface area (Å²) < 4.78 is 28.7. The van der Waals surface area contributed by atoms with Crippen LogP contribution in [0, 0.1) is 0 Å². The molecule has 0 bridgehead atoms. The van der Waals surface area contributed by atoms with Gasteiger partial charge in [-0.15, -0.1) is 0 Å². The number of benzene rings is 1. The molecule has 1 heterocycles. The van der Waals surface area contributed by atoms with Crippen LogP contribution in [-0.2, 0) is 9.59 Å². The summed E-state index contributed by atoms with van der Waals surface area (Å²) in [5, 5.41) is 2.62. The van der Waals surface area contributed by atoms with Crippen molar-refractivity contribution in [2.45, 2.75) is 25.5 Å². The van der Waals surface area contributed by atoms with Crippen LogP contribution in [0.4, 0.5) is 14.5 Å². The summed E-state index contributed by atoms with van der Waals surface area (Å²) >= 11 is 5.86. The van der Waals surface area contributed by atoms with E-state index in [9.17, 15) is 18.4 Å². The molecule has 1 fully saturated rings. The van der Waals surface area contributed by atoms with Gasteiger partial charge in [0.1, 0.15) is 5.75 Å². The van der Waals surface area contributed by atoms with E-state index >= 15 is 0 Å². The molecule has 0 aromatic heterocycles. The highest BCUT2D eigenvalue weighted by atomic mass is 35.5. The van der Waals surface area contributed by atoms with Crippen LogP contribution in [0.5, 0.6) is 5.75 Å². The van der Waals surface area contributed by atoms with Gasteiger partial charge in [0.15, 0.2) is 0 Å². The number of amides is 2.